The number of aliphatic carboxylic acids is 2. The van der Waals surface area contributed by atoms with E-state index in [2.05, 4.69) is 15.6 Å². The Morgan fingerprint density at radius 3 is 2.17 bits per heavy atom. The van der Waals surface area contributed by atoms with E-state index < -0.39 is 42.3 Å². The normalized spacial score (nSPS) is 12.3. The SMILES string of the molecule is Cn1c(-c2ccc(C(=N)N)cc2)nc2cc(C(=O)NC(CC(=O)O)C(=O)NC(Cc3ccc(O)cc3)C(=O)O)ccc21. The second-order valence-electron chi connectivity index (χ2n) is 9.58. The number of carboxylic acid groups (broad SMARTS) is 2. The van der Waals surface area contributed by atoms with Gasteiger partial charge in [0.25, 0.3) is 5.91 Å². The molecule has 8 N–H and O–H groups in total. The van der Waals surface area contributed by atoms with E-state index in [0.717, 1.165) is 5.56 Å². The van der Waals surface area contributed by atoms with Gasteiger partial charge in [0.1, 0.15) is 29.5 Å². The Bertz CT molecular complexity index is 1680. The van der Waals surface area contributed by atoms with E-state index in [4.69, 9.17) is 11.1 Å². The summed E-state index contributed by atoms with van der Waals surface area (Å²) in [6.45, 7) is 0. The van der Waals surface area contributed by atoms with Gasteiger partial charge >= 0.3 is 11.9 Å². The summed E-state index contributed by atoms with van der Waals surface area (Å²) in [6, 6.07) is 14.4. The molecular weight excluding hydrogens is 544 g/mol. The number of nitrogen functional groups attached to an aromatic ring is 1. The molecule has 4 rings (SSSR count). The second-order valence-corrected chi connectivity index (χ2v) is 9.58. The van der Waals surface area contributed by atoms with Gasteiger partial charge in [0.05, 0.1) is 17.5 Å². The van der Waals surface area contributed by atoms with E-state index in [9.17, 15) is 34.5 Å². The fourth-order valence-corrected chi connectivity index (χ4v) is 4.36. The molecule has 2 atom stereocenters. The van der Waals surface area contributed by atoms with Crippen LogP contribution in [0.5, 0.6) is 5.75 Å². The van der Waals surface area contributed by atoms with Crippen molar-refractivity contribution in [3.63, 3.8) is 0 Å². The molecular formula is C29H28N6O7. The van der Waals surface area contributed by atoms with Crippen LogP contribution in [-0.4, -0.2) is 66.5 Å². The van der Waals surface area contributed by atoms with Crippen molar-refractivity contribution >= 4 is 40.6 Å². The number of nitrogens with two attached hydrogens (primary N) is 1. The molecule has 0 aliphatic heterocycles. The van der Waals surface area contributed by atoms with Crippen molar-refractivity contribution in [2.45, 2.75) is 24.9 Å². The first-order valence-electron chi connectivity index (χ1n) is 12.7. The number of aryl methyl sites for hydroxylation is 1. The Hall–Kier alpha value is -5.72. The zero-order chi connectivity index (χ0) is 30.6. The first-order valence-corrected chi connectivity index (χ1v) is 12.7. The Kier molecular flexibility index (Phi) is 8.51. The van der Waals surface area contributed by atoms with Gasteiger partial charge in [-0.2, -0.15) is 0 Å². The highest BCUT2D eigenvalue weighted by Crippen LogP contribution is 2.25. The smallest absolute Gasteiger partial charge is 0.326 e. The fourth-order valence-electron chi connectivity index (χ4n) is 4.36. The van der Waals surface area contributed by atoms with Gasteiger partial charge in [-0.05, 0) is 35.9 Å². The summed E-state index contributed by atoms with van der Waals surface area (Å²) < 4.78 is 1.82. The number of amides is 2. The second kappa shape index (κ2) is 12.2. The Labute approximate surface area is 239 Å². The molecule has 0 bridgehead atoms. The molecule has 42 heavy (non-hydrogen) atoms. The molecule has 0 saturated heterocycles. The monoisotopic (exact) mass is 572 g/mol. The third-order valence-corrected chi connectivity index (χ3v) is 6.59. The van der Waals surface area contributed by atoms with Crippen LogP contribution in [0.1, 0.15) is 27.9 Å². The fraction of sp³-hybridized carbons (Fsp3) is 0.172. The van der Waals surface area contributed by atoms with Crippen LogP contribution < -0.4 is 16.4 Å². The quantitative estimate of drug-likeness (QED) is 0.102. The summed E-state index contributed by atoms with van der Waals surface area (Å²) in [6.07, 6.45) is -0.916. The highest BCUT2D eigenvalue weighted by Gasteiger charge is 2.29. The van der Waals surface area contributed by atoms with Crippen molar-refractivity contribution in [2.75, 3.05) is 0 Å². The van der Waals surface area contributed by atoms with Crippen molar-refractivity contribution in [1.82, 2.24) is 20.2 Å². The van der Waals surface area contributed by atoms with E-state index in [1.165, 1.54) is 36.4 Å². The van der Waals surface area contributed by atoms with Gasteiger partial charge in [0, 0.05) is 30.2 Å². The lowest BCUT2D eigenvalue weighted by Gasteiger charge is -2.20. The molecule has 0 aliphatic carbocycles. The number of aromatic nitrogens is 2. The van der Waals surface area contributed by atoms with E-state index in [1.54, 1.807) is 37.4 Å². The van der Waals surface area contributed by atoms with Crippen LogP contribution >= 0.6 is 0 Å². The third kappa shape index (κ3) is 6.70. The Morgan fingerprint density at radius 2 is 1.57 bits per heavy atom. The molecule has 0 radical (unpaired) electrons. The van der Waals surface area contributed by atoms with Gasteiger partial charge in [-0.3, -0.25) is 19.8 Å². The molecule has 1 aromatic heterocycles. The lowest BCUT2D eigenvalue weighted by atomic mass is 10.0. The molecule has 1 heterocycles. The minimum Gasteiger partial charge on any atom is -0.508 e. The number of amidine groups is 1. The van der Waals surface area contributed by atoms with Crippen molar-refractivity contribution in [2.24, 2.45) is 12.8 Å². The summed E-state index contributed by atoms with van der Waals surface area (Å²) in [5, 5.41) is 40.6. The van der Waals surface area contributed by atoms with Crippen molar-refractivity contribution in [1.29, 1.82) is 5.41 Å². The van der Waals surface area contributed by atoms with E-state index in [-0.39, 0.29) is 23.6 Å². The average Bonchev–Trinajstić information content (AvgIpc) is 3.28. The van der Waals surface area contributed by atoms with Crippen LogP contribution in [-0.2, 0) is 27.9 Å². The third-order valence-electron chi connectivity index (χ3n) is 6.59. The minimum atomic E-state index is -1.56. The highest BCUT2D eigenvalue weighted by atomic mass is 16.4. The number of phenols is 1. The molecule has 0 spiro atoms. The Morgan fingerprint density at radius 1 is 0.929 bits per heavy atom. The molecule has 2 amide bonds. The summed E-state index contributed by atoms with van der Waals surface area (Å²) in [5.74, 6) is -3.94. The maximum Gasteiger partial charge on any atom is 0.326 e. The number of hydrogen-bond donors (Lipinski definition) is 7. The highest BCUT2D eigenvalue weighted by molar-refractivity contribution is 6.01. The first-order chi connectivity index (χ1) is 19.9. The number of benzene rings is 3. The van der Waals surface area contributed by atoms with Crippen LogP contribution in [0.3, 0.4) is 0 Å². The minimum absolute atomic E-state index is 0.0117. The van der Waals surface area contributed by atoms with Gasteiger partial charge in [0.2, 0.25) is 5.91 Å². The molecule has 13 heteroatoms. The zero-order valence-electron chi connectivity index (χ0n) is 22.4. The predicted octanol–water partition coefficient (Wildman–Crippen LogP) is 1.62. The van der Waals surface area contributed by atoms with E-state index in [0.29, 0.717) is 28.0 Å². The van der Waals surface area contributed by atoms with Crippen LogP contribution in [0.2, 0.25) is 0 Å². The maximum absolute atomic E-state index is 13.1. The summed E-state index contributed by atoms with van der Waals surface area (Å²) in [5.41, 5.74) is 8.63. The Balaban J connectivity index is 1.53. The molecule has 13 nitrogen and oxygen atoms in total. The number of carbonyl (C=O) groups is 4. The summed E-state index contributed by atoms with van der Waals surface area (Å²) >= 11 is 0. The molecule has 216 valence electrons. The lowest BCUT2D eigenvalue weighted by molar-refractivity contribution is -0.142. The number of nitrogens with one attached hydrogen (secondary N) is 3. The number of nitrogens with zero attached hydrogens (tertiary/aromatic N) is 2. The number of imidazole rings is 1. The summed E-state index contributed by atoms with van der Waals surface area (Å²) in [7, 11) is 1.80. The lowest BCUT2D eigenvalue weighted by Crippen LogP contribution is -2.52. The number of aromatic hydroxyl groups is 1. The van der Waals surface area contributed by atoms with E-state index in [1.807, 2.05) is 4.57 Å². The predicted molar refractivity (Wildman–Crippen MR) is 152 cm³/mol. The van der Waals surface area contributed by atoms with Gasteiger partial charge in [-0.1, -0.05) is 36.4 Å². The number of carbonyl (C=O) groups excluding carboxylic acids is 2. The largest absolute Gasteiger partial charge is 0.508 e. The first kappa shape index (κ1) is 29.3. The van der Waals surface area contributed by atoms with Crippen LogP contribution in [0.25, 0.3) is 22.4 Å². The number of fused-ring (bicyclic) bond motifs is 1. The van der Waals surface area contributed by atoms with E-state index >= 15 is 0 Å². The number of rotatable bonds is 11. The molecule has 0 aliphatic rings. The van der Waals surface area contributed by atoms with Crippen molar-refractivity contribution in [3.05, 3.63) is 83.4 Å². The average molecular weight is 573 g/mol. The van der Waals surface area contributed by atoms with Gasteiger partial charge < -0.3 is 36.3 Å². The molecule has 4 aromatic rings. The number of carboxylic acids is 2. The van der Waals surface area contributed by atoms with Gasteiger partial charge in [-0.25, -0.2) is 9.78 Å². The molecule has 3 aromatic carbocycles. The van der Waals surface area contributed by atoms with Crippen molar-refractivity contribution < 1.29 is 34.5 Å². The number of phenolic OH excluding ortho intramolecular Hbond substituents is 1. The van der Waals surface area contributed by atoms with Crippen molar-refractivity contribution in [3.8, 4) is 17.1 Å². The topological polar surface area (TPSA) is 221 Å². The van der Waals surface area contributed by atoms with Gasteiger partial charge in [-0.15, -0.1) is 0 Å². The molecule has 0 saturated carbocycles. The van der Waals surface area contributed by atoms with Crippen LogP contribution in [0.4, 0.5) is 0 Å². The maximum atomic E-state index is 13.1. The van der Waals surface area contributed by atoms with Crippen LogP contribution in [0.15, 0.2) is 66.7 Å². The molecule has 2 unspecified atom stereocenters. The summed E-state index contributed by atoms with van der Waals surface area (Å²) in [4.78, 5) is 54.0. The van der Waals surface area contributed by atoms with Gasteiger partial charge in [0.15, 0.2) is 0 Å². The standard InChI is InChI=1S/C29H28N6O7/c1-35-23-11-8-18(13-20(23)32-26(35)17-6-4-16(5-7-17)25(30)31)27(39)33-21(14-24(37)38)28(40)34-22(29(41)42)12-15-2-9-19(36)10-3-15/h2-11,13,21-22,36H,12,14H2,1H3,(H3,30,31)(H,33,39)(H,34,40)(H,37,38)(H,41,42). The number of hydrogen-bond acceptors (Lipinski definition) is 7. The molecule has 0 fully saturated rings. The zero-order valence-corrected chi connectivity index (χ0v) is 22.4. The van der Waals surface area contributed by atoms with Crippen LogP contribution in [0, 0.1) is 5.41 Å².